The molecule has 0 radical (unpaired) electrons. The Bertz CT molecular complexity index is 457. The summed E-state index contributed by atoms with van der Waals surface area (Å²) in [7, 11) is -1.67. The Labute approximate surface area is 100 Å². The fourth-order valence-electron chi connectivity index (χ4n) is 1.12. The van der Waals surface area contributed by atoms with Gasteiger partial charge in [0.2, 0.25) is 5.89 Å². The summed E-state index contributed by atoms with van der Waals surface area (Å²) >= 11 is 0. The van der Waals surface area contributed by atoms with Gasteiger partial charge in [-0.2, -0.15) is 4.98 Å². The summed E-state index contributed by atoms with van der Waals surface area (Å²) in [6.07, 6.45) is 1.66. The lowest BCUT2D eigenvalue weighted by molar-refractivity contribution is 0.182. The monoisotopic (exact) mass is 263 g/mol. The molecule has 8 heteroatoms. The molecule has 0 saturated carbocycles. The fourth-order valence-corrected chi connectivity index (χ4v) is 1.60. The van der Waals surface area contributed by atoms with Crippen LogP contribution in [0.3, 0.4) is 0 Å². The predicted octanol–water partition coefficient (Wildman–Crippen LogP) is 0.212. The van der Waals surface area contributed by atoms with Crippen molar-refractivity contribution in [3.63, 3.8) is 0 Å². The molecule has 7 nitrogen and oxygen atoms in total. The maximum Gasteiger partial charge on any atom is 0.243 e. The lowest BCUT2D eigenvalue weighted by Gasteiger charge is -2.05. The van der Waals surface area contributed by atoms with Crippen LogP contribution in [0.25, 0.3) is 0 Å². The average molecular weight is 263 g/mol. The minimum absolute atomic E-state index is 0.135. The van der Waals surface area contributed by atoms with Crippen LogP contribution in [-0.4, -0.2) is 38.5 Å². The molecule has 0 fully saturated rings. The number of methoxy groups -OCH3 is 1. The SMILES string of the molecule is COCCC(N)c1nc(C(C)S(C)(=O)=O)no1. The molecular formula is C9H17N3O4S. The number of hydrogen-bond donors (Lipinski definition) is 1. The van der Waals surface area contributed by atoms with Crippen molar-refractivity contribution in [1.82, 2.24) is 10.1 Å². The number of aromatic nitrogens is 2. The standard InChI is InChI=1S/C9H17N3O4S/c1-6(17(3,13)14)8-11-9(16-12-8)7(10)4-5-15-2/h6-7H,4-5,10H2,1-3H3. The first-order valence-corrected chi connectivity index (χ1v) is 7.08. The number of ether oxygens (including phenoxy) is 1. The Hall–Kier alpha value is -0.990. The summed E-state index contributed by atoms with van der Waals surface area (Å²) in [6, 6.07) is -0.442. The number of nitrogens with zero attached hydrogens (tertiary/aromatic N) is 2. The van der Waals surface area contributed by atoms with E-state index in [0.29, 0.717) is 13.0 Å². The van der Waals surface area contributed by atoms with Crippen LogP contribution in [0.1, 0.15) is 36.4 Å². The predicted molar refractivity (Wildman–Crippen MR) is 61.0 cm³/mol. The van der Waals surface area contributed by atoms with Gasteiger partial charge in [0.1, 0.15) is 5.25 Å². The Morgan fingerprint density at radius 2 is 2.18 bits per heavy atom. The zero-order valence-corrected chi connectivity index (χ0v) is 10.9. The van der Waals surface area contributed by atoms with E-state index in [1.54, 1.807) is 7.11 Å². The second kappa shape index (κ2) is 5.56. The van der Waals surface area contributed by atoms with Gasteiger partial charge >= 0.3 is 0 Å². The highest BCUT2D eigenvalue weighted by Gasteiger charge is 2.24. The minimum atomic E-state index is -3.24. The fraction of sp³-hybridized carbons (Fsp3) is 0.778. The second-order valence-corrected chi connectivity index (χ2v) is 6.22. The van der Waals surface area contributed by atoms with Gasteiger partial charge < -0.3 is 15.0 Å². The van der Waals surface area contributed by atoms with Crippen LogP contribution >= 0.6 is 0 Å². The molecule has 2 N–H and O–H groups in total. The normalized spacial score (nSPS) is 15.8. The summed E-state index contributed by atoms with van der Waals surface area (Å²) in [5.41, 5.74) is 5.78. The molecule has 2 atom stereocenters. The number of nitrogens with two attached hydrogens (primary N) is 1. The first-order valence-electron chi connectivity index (χ1n) is 5.13. The Kier molecular flexibility index (Phi) is 4.61. The zero-order chi connectivity index (χ0) is 13.1. The molecule has 0 spiro atoms. The highest BCUT2D eigenvalue weighted by molar-refractivity contribution is 7.90. The van der Waals surface area contributed by atoms with Crippen LogP contribution < -0.4 is 5.73 Å². The van der Waals surface area contributed by atoms with Crippen molar-refractivity contribution in [3.05, 3.63) is 11.7 Å². The van der Waals surface area contributed by atoms with Gasteiger partial charge in [0, 0.05) is 20.0 Å². The van der Waals surface area contributed by atoms with Gasteiger partial charge in [-0.3, -0.25) is 0 Å². The molecule has 0 aromatic carbocycles. The van der Waals surface area contributed by atoms with Crippen molar-refractivity contribution in [1.29, 1.82) is 0 Å². The second-order valence-electron chi connectivity index (χ2n) is 3.85. The van der Waals surface area contributed by atoms with Crippen LogP contribution in [0, 0.1) is 0 Å². The molecular weight excluding hydrogens is 246 g/mol. The van der Waals surface area contributed by atoms with Gasteiger partial charge in [-0.15, -0.1) is 0 Å². The summed E-state index contributed by atoms with van der Waals surface area (Å²) in [5, 5.41) is 2.83. The van der Waals surface area contributed by atoms with E-state index < -0.39 is 21.1 Å². The van der Waals surface area contributed by atoms with Crippen LogP contribution in [0.5, 0.6) is 0 Å². The third-order valence-corrected chi connectivity index (χ3v) is 3.91. The molecule has 2 unspecified atom stereocenters. The number of hydrogen-bond acceptors (Lipinski definition) is 7. The van der Waals surface area contributed by atoms with Crippen molar-refractivity contribution in [2.75, 3.05) is 20.0 Å². The first kappa shape index (κ1) is 14.1. The Morgan fingerprint density at radius 3 is 2.71 bits per heavy atom. The summed E-state index contributed by atoms with van der Waals surface area (Å²) < 4.78 is 32.4. The molecule has 0 bridgehead atoms. The van der Waals surface area contributed by atoms with E-state index in [1.165, 1.54) is 6.92 Å². The van der Waals surface area contributed by atoms with Crippen LogP contribution in [0.15, 0.2) is 4.52 Å². The van der Waals surface area contributed by atoms with E-state index in [4.69, 9.17) is 15.0 Å². The van der Waals surface area contributed by atoms with Gasteiger partial charge in [-0.25, -0.2) is 8.42 Å². The molecule has 1 aromatic rings. The van der Waals surface area contributed by atoms with E-state index in [9.17, 15) is 8.42 Å². The lowest BCUT2D eigenvalue weighted by atomic mass is 10.2. The average Bonchev–Trinajstić information content (AvgIpc) is 2.72. The quantitative estimate of drug-likeness (QED) is 0.781. The third kappa shape index (κ3) is 3.76. The third-order valence-electron chi connectivity index (χ3n) is 2.41. The smallest absolute Gasteiger partial charge is 0.243 e. The molecule has 0 saturated heterocycles. The van der Waals surface area contributed by atoms with E-state index >= 15 is 0 Å². The number of rotatable bonds is 6. The van der Waals surface area contributed by atoms with Crippen molar-refractivity contribution in [3.8, 4) is 0 Å². The molecule has 1 rings (SSSR count). The minimum Gasteiger partial charge on any atom is -0.385 e. The van der Waals surface area contributed by atoms with Crippen LogP contribution in [-0.2, 0) is 14.6 Å². The van der Waals surface area contributed by atoms with Crippen molar-refractivity contribution in [2.24, 2.45) is 5.73 Å². The van der Waals surface area contributed by atoms with Crippen LogP contribution in [0.2, 0.25) is 0 Å². The summed E-state index contributed by atoms with van der Waals surface area (Å²) in [4.78, 5) is 3.99. The highest BCUT2D eigenvalue weighted by Crippen LogP contribution is 2.20. The Morgan fingerprint density at radius 1 is 1.53 bits per heavy atom. The molecule has 0 aliphatic carbocycles. The topological polar surface area (TPSA) is 108 Å². The van der Waals surface area contributed by atoms with E-state index in [1.807, 2.05) is 0 Å². The first-order chi connectivity index (χ1) is 7.86. The van der Waals surface area contributed by atoms with E-state index in [2.05, 4.69) is 10.1 Å². The highest BCUT2D eigenvalue weighted by atomic mass is 32.2. The number of sulfone groups is 1. The molecule has 98 valence electrons. The Balaban J connectivity index is 2.78. The maximum absolute atomic E-state index is 11.3. The lowest BCUT2D eigenvalue weighted by Crippen LogP contribution is -2.14. The molecule has 1 heterocycles. The van der Waals surface area contributed by atoms with E-state index in [0.717, 1.165) is 6.26 Å². The summed E-state index contributed by atoms with van der Waals surface area (Å²) in [5.74, 6) is 0.364. The van der Waals surface area contributed by atoms with Crippen molar-refractivity contribution >= 4 is 9.84 Å². The van der Waals surface area contributed by atoms with E-state index in [-0.39, 0.29) is 11.7 Å². The molecule has 17 heavy (non-hydrogen) atoms. The largest absolute Gasteiger partial charge is 0.385 e. The van der Waals surface area contributed by atoms with Gasteiger partial charge in [-0.05, 0) is 13.3 Å². The van der Waals surface area contributed by atoms with Gasteiger partial charge in [0.25, 0.3) is 0 Å². The molecule has 1 aromatic heterocycles. The van der Waals surface area contributed by atoms with Gasteiger partial charge in [0.15, 0.2) is 15.7 Å². The molecule has 0 aliphatic heterocycles. The van der Waals surface area contributed by atoms with Gasteiger partial charge in [0.05, 0.1) is 6.04 Å². The molecule has 0 amide bonds. The van der Waals surface area contributed by atoms with Crippen molar-refractivity contribution in [2.45, 2.75) is 24.6 Å². The van der Waals surface area contributed by atoms with Crippen LogP contribution in [0.4, 0.5) is 0 Å². The summed E-state index contributed by atoms with van der Waals surface area (Å²) in [6.45, 7) is 1.98. The maximum atomic E-state index is 11.3. The molecule has 0 aliphatic rings. The van der Waals surface area contributed by atoms with Crippen molar-refractivity contribution < 1.29 is 17.7 Å². The van der Waals surface area contributed by atoms with Gasteiger partial charge in [-0.1, -0.05) is 5.16 Å². The zero-order valence-electron chi connectivity index (χ0n) is 10.1.